The predicted octanol–water partition coefficient (Wildman–Crippen LogP) is 6.16. The molecule has 43 heavy (non-hydrogen) atoms. The van der Waals surface area contributed by atoms with Crippen LogP contribution in [0, 0.1) is 24.1 Å². The van der Waals surface area contributed by atoms with Gasteiger partial charge in [-0.1, -0.05) is 6.08 Å². The van der Waals surface area contributed by atoms with Gasteiger partial charge in [-0.2, -0.15) is 5.26 Å². The van der Waals surface area contributed by atoms with Crippen LogP contribution in [-0.4, -0.2) is 63.7 Å². The van der Waals surface area contributed by atoms with E-state index in [4.69, 9.17) is 24.5 Å². The van der Waals surface area contributed by atoms with Crippen LogP contribution in [0.15, 0.2) is 43.0 Å². The van der Waals surface area contributed by atoms with E-state index in [1.54, 1.807) is 77.8 Å². The average molecular weight is 590 g/mol. The monoisotopic (exact) mass is 589 g/mol. The standard InChI is InChI=1S/C32H36FN5O5/c1-9-13-37(8)23-17-21(33)16-22-26-27(20-10-11-24(42-18-32(6,7)40)25(15-20)41-14-12-34)35-19(2)36-29(26)38(28(22)23)30(39)43-31(3,4)5/h9-11,15-17,40H,1,13-14,18H2,2-8H3. The molecule has 0 unspecified atom stereocenters. The minimum absolute atomic E-state index is 0.0181. The molecule has 2 aromatic heterocycles. The fourth-order valence-electron chi connectivity index (χ4n) is 4.61. The molecule has 11 heteroatoms. The van der Waals surface area contributed by atoms with Crippen LogP contribution >= 0.6 is 0 Å². The Balaban J connectivity index is 2.07. The van der Waals surface area contributed by atoms with Gasteiger partial charge in [-0.15, -0.1) is 6.58 Å². The number of nitrogens with zero attached hydrogens (tertiary/aromatic N) is 5. The van der Waals surface area contributed by atoms with Gasteiger partial charge in [0.15, 0.2) is 23.8 Å². The van der Waals surface area contributed by atoms with E-state index in [2.05, 4.69) is 11.6 Å². The van der Waals surface area contributed by atoms with E-state index < -0.39 is 23.1 Å². The third-order valence-electron chi connectivity index (χ3n) is 6.24. The van der Waals surface area contributed by atoms with E-state index in [0.717, 1.165) is 0 Å². The fraction of sp³-hybridized carbons (Fsp3) is 0.375. The molecule has 0 atom stereocenters. The number of aliphatic hydroxyl groups is 1. The van der Waals surface area contributed by atoms with Crippen molar-refractivity contribution in [2.45, 2.75) is 52.7 Å². The third kappa shape index (κ3) is 6.87. The van der Waals surface area contributed by atoms with Crippen LogP contribution in [0.4, 0.5) is 14.9 Å². The number of hydrogen-bond donors (Lipinski definition) is 1. The number of hydrogen-bond acceptors (Lipinski definition) is 9. The van der Waals surface area contributed by atoms with Gasteiger partial charge in [-0.25, -0.2) is 23.7 Å². The quantitative estimate of drug-likeness (QED) is 0.229. The predicted molar refractivity (Wildman–Crippen MR) is 163 cm³/mol. The Bertz CT molecular complexity index is 1740. The first kappa shape index (κ1) is 31.3. The maximum Gasteiger partial charge on any atom is 0.420 e. The molecule has 1 N–H and O–H groups in total. The minimum atomic E-state index is -1.11. The van der Waals surface area contributed by atoms with Crippen LogP contribution < -0.4 is 14.4 Å². The zero-order valence-corrected chi connectivity index (χ0v) is 25.5. The molecule has 0 radical (unpaired) electrons. The van der Waals surface area contributed by atoms with E-state index in [1.165, 1.54) is 16.7 Å². The first-order chi connectivity index (χ1) is 20.1. The summed E-state index contributed by atoms with van der Waals surface area (Å²) < 4.78 is 33.9. The van der Waals surface area contributed by atoms with Crippen molar-refractivity contribution in [2.75, 3.05) is 31.7 Å². The number of rotatable bonds is 9. The Kier molecular flexibility index (Phi) is 8.64. The Labute approximate surface area is 249 Å². The van der Waals surface area contributed by atoms with Crippen molar-refractivity contribution >= 4 is 33.7 Å². The van der Waals surface area contributed by atoms with Gasteiger partial charge < -0.3 is 24.2 Å². The Morgan fingerprint density at radius 2 is 1.88 bits per heavy atom. The molecular formula is C32H36FN5O5. The van der Waals surface area contributed by atoms with Gasteiger partial charge in [-0.3, -0.25) is 0 Å². The summed E-state index contributed by atoms with van der Waals surface area (Å²) in [6.45, 7) is 14.1. The van der Waals surface area contributed by atoms with Crippen LogP contribution in [0.5, 0.6) is 11.5 Å². The second kappa shape index (κ2) is 11.9. The molecular weight excluding hydrogens is 553 g/mol. The molecule has 0 saturated carbocycles. The number of carbonyl (C=O) groups is 1. The molecule has 0 aliphatic rings. The van der Waals surface area contributed by atoms with Crippen molar-refractivity contribution < 1.29 is 28.5 Å². The number of nitriles is 1. The molecule has 0 amide bonds. The van der Waals surface area contributed by atoms with E-state index in [1.807, 2.05) is 6.07 Å². The van der Waals surface area contributed by atoms with Crippen LogP contribution in [0.2, 0.25) is 0 Å². The van der Waals surface area contributed by atoms with Crippen molar-refractivity contribution in [1.29, 1.82) is 5.26 Å². The Morgan fingerprint density at radius 3 is 2.51 bits per heavy atom. The molecule has 4 aromatic rings. The largest absolute Gasteiger partial charge is 0.487 e. The molecule has 0 spiro atoms. The van der Waals surface area contributed by atoms with E-state index >= 15 is 4.39 Å². The molecule has 226 valence electrons. The molecule has 0 saturated heterocycles. The second-order valence-corrected chi connectivity index (χ2v) is 11.8. The highest BCUT2D eigenvalue weighted by Gasteiger charge is 2.29. The van der Waals surface area contributed by atoms with Crippen molar-refractivity contribution in [3.63, 3.8) is 0 Å². The maximum absolute atomic E-state index is 15.3. The van der Waals surface area contributed by atoms with E-state index in [-0.39, 0.29) is 24.6 Å². The minimum Gasteiger partial charge on any atom is -0.487 e. The van der Waals surface area contributed by atoms with Crippen molar-refractivity contribution in [3.05, 3.63) is 54.6 Å². The average Bonchev–Trinajstić information content (AvgIpc) is 3.22. The highest BCUT2D eigenvalue weighted by Crippen LogP contribution is 2.41. The number of carbonyl (C=O) groups excluding carboxylic acids is 1. The number of likely N-dealkylation sites (N-methyl/N-ethyl adjacent to an activating group) is 1. The summed E-state index contributed by atoms with van der Waals surface area (Å²) in [6.07, 6.45) is 1.00. The molecule has 2 heterocycles. The van der Waals surface area contributed by atoms with Crippen LogP contribution in [0.25, 0.3) is 33.2 Å². The van der Waals surface area contributed by atoms with E-state index in [0.29, 0.717) is 51.4 Å². The molecule has 10 nitrogen and oxygen atoms in total. The van der Waals surface area contributed by atoms with Gasteiger partial charge in [0.1, 0.15) is 29.9 Å². The normalized spacial score (nSPS) is 11.8. The number of aromatic nitrogens is 3. The topological polar surface area (TPSA) is 123 Å². The van der Waals surface area contributed by atoms with Gasteiger partial charge in [0.2, 0.25) is 0 Å². The highest BCUT2D eigenvalue weighted by molar-refractivity contribution is 6.19. The number of ether oxygens (including phenoxy) is 3. The van der Waals surface area contributed by atoms with Gasteiger partial charge in [0.25, 0.3) is 0 Å². The lowest BCUT2D eigenvalue weighted by molar-refractivity contribution is 0.0275. The number of anilines is 1. The number of fused-ring (bicyclic) bond motifs is 3. The summed E-state index contributed by atoms with van der Waals surface area (Å²) in [4.78, 5) is 24.9. The smallest absolute Gasteiger partial charge is 0.420 e. The van der Waals surface area contributed by atoms with E-state index in [9.17, 15) is 9.90 Å². The maximum atomic E-state index is 15.3. The molecule has 0 aliphatic heterocycles. The molecule has 0 bridgehead atoms. The van der Waals surface area contributed by atoms with Gasteiger partial charge in [0, 0.05) is 24.5 Å². The van der Waals surface area contributed by atoms with Crippen LogP contribution in [0.3, 0.4) is 0 Å². The van der Waals surface area contributed by atoms with Gasteiger partial charge in [-0.05, 0) is 71.9 Å². The first-order valence-electron chi connectivity index (χ1n) is 13.7. The van der Waals surface area contributed by atoms with Crippen LogP contribution in [0.1, 0.15) is 40.4 Å². The SMILES string of the molecule is C=CCN(C)c1cc(F)cc2c3c(-c4ccc(OCC(C)(C)O)c(OCC#N)c4)nc(C)nc3n(C(=O)OC(C)(C)C)c12. The number of halogens is 1. The van der Waals surface area contributed by atoms with Crippen molar-refractivity contribution in [3.8, 4) is 28.8 Å². The first-order valence-corrected chi connectivity index (χ1v) is 13.7. The van der Waals surface area contributed by atoms with Gasteiger partial charge >= 0.3 is 6.09 Å². The lowest BCUT2D eigenvalue weighted by atomic mass is 10.0. The zero-order valence-electron chi connectivity index (χ0n) is 25.5. The summed E-state index contributed by atoms with van der Waals surface area (Å²) in [5.41, 5.74) is 0.126. The molecule has 0 fully saturated rings. The third-order valence-corrected chi connectivity index (χ3v) is 6.24. The zero-order chi connectivity index (χ0) is 31.7. The highest BCUT2D eigenvalue weighted by atomic mass is 19.1. The van der Waals surface area contributed by atoms with Crippen LogP contribution in [-0.2, 0) is 4.74 Å². The summed E-state index contributed by atoms with van der Waals surface area (Å²) in [7, 11) is 1.77. The molecule has 2 aromatic carbocycles. The lowest BCUT2D eigenvalue weighted by Gasteiger charge is -2.22. The Morgan fingerprint density at radius 1 is 1.16 bits per heavy atom. The Hall–Kier alpha value is -4.69. The second-order valence-electron chi connectivity index (χ2n) is 11.8. The number of aryl methyl sites for hydroxylation is 1. The summed E-state index contributed by atoms with van der Waals surface area (Å²) >= 11 is 0. The summed E-state index contributed by atoms with van der Waals surface area (Å²) in [5.74, 6) is 0.417. The van der Waals surface area contributed by atoms with Crippen molar-refractivity contribution in [1.82, 2.24) is 14.5 Å². The number of benzene rings is 2. The summed E-state index contributed by atoms with van der Waals surface area (Å²) in [5, 5.41) is 20.1. The molecule has 4 rings (SSSR count). The summed E-state index contributed by atoms with van der Waals surface area (Å²) in [6, 6.07) is 9.68. The fourth-order valence-corrected chi connectivity index (χ4v) is 4.61. The van der Waals surface area contributed by atoms with Crippen molar-refractivity contribution in [2.24, 2.45) is 0 Å². The van der Waals surface area contributed by atoms with Gasteiger partial charge in [0.05, 0.1) is 27.9 Å². The molecule has 0 aliphatic carbocycles. The lowest BCUT2D eigenvalue weighted by Crippen LogP contribution is -2.28.